The predicted molar refractivity (Wildman–Crippen MR) is 107 cm³/mol. The van der Waals surface area contributed by atoms with Crippen LogP contribution in [-0.4, -0.2) is 50.6 Å². The third-order valence-electron chi connectivity index (χ3n) is 4.69. The van der Waals surface area contributed by atoms with Crippen LogP contribution in [0.4, 0.5) is 0 Å². The van der Waals surface area contributed by atoms with E-state index in [4.69, 9.17) is 21.1 Å². The lowest BCUT2D eigenvalue weighted by Crippen LogP contribution is -2.21. The van der Waals surface area contributed by atoms with E-state index in [2.05, 4.69) is 0 Å². The van der Waals surface area contributed by atoms with E-state index in [1.165, 1.54) is 6.92 Å². The summed E-state index contributed by atoms with van der Waals surface area (Å²) in [6.45, 7) is 3.16. The van der Waals surface area contributed by atoms with Crippen molar-refractivity contribution in [1.29, 1.82) is 0 Å². The summed E-state index contributed by atoms with van der Waals surface area (Å²) in [7, 11) is 0. The highest BCUT2D eigenvalue weighted by atomic mass is 35.5. The fourth-order valence-corrected chi connectivity index (χ4v) is 4.50. The zero-order valence-electron chi connectivity index (χ0n) is 15.9. The summed E-state index contributed by atoms with van der Waals surface area (Å²) >= 11 is 7.24. The number of fused-ring (bicyclic) bond motifs is 2. The average Bonchev–Trinajstić information content (AvgIpc) is 3.36. The molecule has 2 N–H and O–H groups in total. The zero-order chi connectivity index (χ0) is 21.3. The topological polar surface area (TPSA) is 113 Å². The Morgan fingerprint density at radius 3 is 2.69 bits per heavy atom. The molecule has 156 valence electrons. The first-order valence-electron chi connectivity index (χ1n) is 9.12. The molecule has 0 saturated carbocycles. The van der Waals surface area contributed by atoms with Gasteiger partial charge in [-0.05, 0) is 6.92 Å². The van der Waals surface area contributed by atoms with Crippen LogP contribution in [-0.2, 0) is 25.5 Å². The number of rotatable bonds is 1. The van der Waals surface area contributed by atoms with Gasteiger partial charge in [-0.1, -0.05) is 35.5 Å². The number of carbonyl (C=O) groups excluding carboxylic acids is 3. The number of hydrogen-bond acceptors (Lipinski definition) is 8. The van der Waals surface area contributed by atoms with Crippen LogP contribution in [0.2, 0.25) is 5.02 Å². The van der Waals surface area contributed by atoms with Crippen molar-refractivity contribution in [3.8, 4) is 11.5 Å². The number of benzene rings is 1. The summed E-state index contributed by atoms with van der Waals surface area (Å²) in [5.41, 5.74) is -0.209. The molecule has 0 aliphatic carbocycles. The second kappa shape index (κ2) is 8.77. The van der Waals surface area contributed by atoms with E-state index in [9.17, 15) is 24.6 Å². The number of hydrogen-bond donors (Lipinski definition) is 2. The van der Waals surface area contributed by atoms with E-state index < -0.39 is 23.6 Å². The van der Waals surface area contributed by atoms with Gasteiger partial charge in [-0.3, -0.25) is 9.59 Å². The third kappa shape index (κ3) is 5.12. The number of allylic oxidation sites excluding steroid dienone is 1. The van der Waals surface area contributed by atoms with Gasteiger partial charge in [0.1, 0.15) is 35.1 Å². The monoisotopic (exact) mass is 440 g/mol. The molecule has 0 amide bonds. The lowest BCUT2D eigenvalue weighted by molar-refractivity contribution is -0.117. The maximum absolute atomic E-state index is 12.7. The second-order valence-electron chi connectivity index (χ2n) is 7.09. The van der Waals surface area contributed by atoms with Gasteiger partial charge in [-0.15, -0.1) is 0 Å². The van der Waals surface area contributed by atoms with Crippen LogP contribution < -0.4 is 0 Å². The lowest BCUT2D eigenvalue weighted by atomic mass is 9.98. The lowest BCUT2D eigenvalue weighted by Gasteiger charge is -2.17. The summed E-state index contributed by atoms with van der Waals surface area (Å²) in [4.78, 5) is 36.7. The van der Waals surface area contributed by atoms with Crippen molar-refractivity contribution in [2.45, 2.75) is 56.7 Å². The molecular weight excluding hydrogens is 420 g/mol. The normalized spacial score (nSPS) is 28.5. The molecule has 2 aliphatic heterocycles. The van der Waals surface area contributed by atoms with Crippen molar-refractivity contribution in [2.75, 3.05) is 0 Å². The summed E-state index contributed by atoms with van der Waals surface area (Å²) in [6, 6.07) is 0.949. The van der Waals surface area contributed by atoms with Gasteiger partial charge in [0.25, 0.3) is 0 Å². The number of cyclic esters (lactones) is 1. The van der Waals surface area contributed by atoms with E-state index in [1.54, 1.807) is 19.1 Å². The number of esters is 1. The number of carbonyl (C=O) groups is 3. The van der Waals surface area contributed by atoms with Gasteiger partial charge in [-0.25, -0.2) is 4.79 Å². The van der Waals surface area contributed by atoms with Gasteiger partial charge < -0.3 is 19.7 Å². The van der Waals surface area contributed by atoms with Crippen LogP contribution in [0.1, 0.15) is 42.6 Å². The number of ether oxygens (including phenoxy) is 2. The van der Waals surface area contributed by atoms with Gasteiger partial charge in [-0.2, -0.15) is 0 Å². The zero-order valence-corrected chi connectivity index (χ0v) is 17.5. The summed E-state index contributed by atoms with van der Waals surface area (Å²) < 4.78 is 11.1. The van der Waals surface area contributed by atoms with Gasteiger partial charge in [0.05, 0.1) is 16.4 Å². The molecule has 2 heterocycles. The number of ketones is 1. The van der Waals surface area contributed by atoms with Crippen molar-refractivity contribution < 1.29 is 34.1 Å². The van der Waals surface area contributed by atoms with E-state index in [-0.39, 0.29) is 57.3 Å². The summed E-state index contributed by atoms with van der Waals surface area (Å²) in [6.07, 6.45) is 2.69. The summed E-state index contributed by atoms with van der Waals surface area (Å²) in [5, 5.41) is 19.6. The molecule has 3 rings (SSSR count). The fraction of sp³-hybridized carbons (Fsp3) is 0.450. The van der Waals surface area contributed by atoms with Crippen LogP contribution in [0.5, 0.6) is 11.5 Å². The molecule has 4 atom stereocenters. The quantitative estimate of drug-likeness (QED) is 0.389. The summed E-state index contributed by atoms with van der Waals surface area (Å²) in [5.74, 6) is -2.06. The number of phenols is 2. The van der Waals surface area contributed by atoms with Gasteiger partial charge in [0.15, 0.2) is 5.12 Å². The molecule has 0 spiro atoms. The van der Waals surface area contributed by atoms with Crippen molar-refractivity contribution in [1.82, 2.24) is 0 Å². The molecule has 29 heavy (non-hydrogen) atoms. The van der Waals surface area contributed by atoms with E-state index in [0.29, 0.717) is 6.42 Å². The molecule has 0 bridgehead atoms. The van der Waals surface area contributed by atoms with E-state index in [0.717, 1.165) is 17.8 Å². The smallest absolute Gasteiger partial charge is 0.342 e. The molecule has 0 radical (unpaired) electrons. The average molecular weight is 441 g/mol. The van der Waals surface area contributed by atoms with Crippen LogP contribution in [0, 0.1) is 0 Å². The van der Waals surface area contributed by atoms with Crippen molar-refractivity contribution in [3.05, 3.63) is 34.4 Å². The first-order valence-corrected chi connectivity index (χ1v) is 10.4. The fourth-order valence-electron chi connectivity index (χ4n) is 3.34. The van der Waals surface area contributed by atoms with Crippen LogP contribution in [0.3, 0.4) is 0 Å². The molecule has 9 heteroatoms. The maximum Gasteiger partial charge on any atom is 0.342 e. The molecule has 0 unspecified atom stereocenters. The number of thioether (sulfide) groups is 1. The minimum absolute atomic E-state index is 0.0204. The maximum atomic E-state index is 12.7. The van der Waals surface area contributed by atoms with E-state index >= 15 is 0 Å². The van der Waals surface area contributed by atoms with Crippen molar-refractivity contribution in [3.63, 3.8) is 0 Å². The van der Waals surface area contributed by atoms with Gasteiger partial charge >= 0.3 is 5.97 Å². The number of aromatic hydroxyl groups is 2. The highest BCUT2D eigenvalue weighted by Crippen LogP contribution is 2.39. The SMILES string of the molecule is CC(=O)S[C@@H]1/C=C\CC(=O)Cc2c(Cl)c(O)cc(O)c2C(=O)O[C@H](C)C[C@@H]2O[C@H]21. The molecule has 1 fully saturated rings. The number of epoxide rings is 1. The van der Waals surface area contributed by atoms with Crippen molar-refractivity contribution >= 4 is 40.2 Å². The first kappa shape index (κ1) is 21.7. The van der Waals surface area contributed by atoms with Crippen molar-refractivity contribution in [2.24, 2.45) is 0 Å². The molecule has 2 aliphatic rings. The predicted octanol–water partition coefficient (Wildman–Crippen LogP) is 3.17. The van der Waals surface area contributed by atoms with Crippen LogP contribution in [0.25, 0.3) is 0 Å². The number of halogens is 1. The second-order valence-corrected chi connectivity index (χ2v) is 8.83. The first-order chi connectivity index (χ1) is 13.7. The Morgan fingerprint density at radius 1 is 1.28 bits per heavy atom. The number of phenolic OH excluding ortho intramolecular Hbond substituents is 2. The Morgan fingerprint density at radius 2 is 2.00 bits per heavy atom. The molecular formula is C20H21ClO7S. The Hall–Kier alpha value is -2.03. The van der Waals surface area contributed by atoms with E-state index in [1.807, 2.05) is 0 Å². The molecule has 7 nitrogen and oxygen atoms in total. The van der Waals surface area contributed by atoms with Gasteiger partial charge in [0, 0.05) is 37.8 Å². The minimum Gasteiger partial charge on any atom is -0.507 e. The van der Waals surface area contributed by atoms with Crippen LogP contribution in [0.15, 0.2) is 18.2 Å². The van der Waals surface area contributed by atoms with Gasteiger partial charge in [0.2, 0.25) is 0 Å². The highest BCUT2D eigenvalue weighted by Gasteiger charge is 2.45. The molecule has 1 aromatic rings. The molecule has 1 saturated heterocycles. The Balaban J connectivity index is 1.95. The Kier molecular flexibility index (Phi) is 6.55. The Bertz CT molecular complexity index is 882. The minimum atomic E-state index is -0.834. The molecule has 0 aromatic heterocycles. The molecule has 1 aromatic carbocycles. The largest absolute Gasteiger partial charge is 0.507 e. The number of Topliss-reactive ketones (excluding diaryl/α,β-unsaturated/α-hetero) is 1. The Labute approximate surface area is 177 Å². The van der Waals surface area contributed by atoms with Crippen LogP contribution >= 0.6 is 23.4 Å². The third-order valence-corrected chi connectivity index (χ3v) is 6.14. The standard InChI is InChI=1S/C20H21ClO7S/c1-9-6-15-19(28-15)16(29-10(2)22)5-3-4-11(23)7-12-17(20(26)27-9)13(24)8-14(25)18(12)21/h3,5,8-9,15-16,19,24-25H,4,6-7H2,1-2H3/b5-3-/t9-,15+,16-,19-/m1/s1. The highest BCUT2D eigenvalue weighted by molar-refractivity contribution is 8.14.